The van der Waals surface area contributed by atoms with Gasteiger partial charge in [-0.25, -0.2) is 13.1 Å². The monoisotopic (exact) mass is 421 g/mol. The number of hydrogen-bond acceptors (Lipinski definition) is 5. The number of nitrogens with one attached hydrogen (secondary N) is 2. The third-order valence-electron chi connectivity index (χ3n) is 5.17. The number of amides is 1. The minimum absolute atomic E-state index is 0.0399. The van der Waals surface area contributed by atoms with Gasteiger partial charge in [-0.3, -0.25) is 9.69 Å². The molecule has 0 aliphatic carbocycles. The van der Waals surface area contributed by atoms with E-state index in [0.717, 1.165) is 12.1 Å². The molecule has 2 heterocycles. The Morgan fingerprint density at radius 3 is 2.46 bits per heavy atom. The molecule has 1 fully saturated rings. The van der Waals surface area contributed by atoms with E-state index in [1.54, 1.807) is 17.5 Å². The second-order valence-corrected chi connectivity index (χ2v) is 9.97. The smallest absolute Gasteiger partial charge is 0.250 e. The summed E-state index contributed by atoms with van der Waals surface area (Å²) in [6.45, 7) is 5.35. The fourth-order valence-electron chi connectivity index (χ4n) is 3.33. The van der Waals surface area contributed by atoms with E-state index in [4.69, 9.17) is 0 Å². The summed E-state index contributed by atoms with van der Waals surface area (Å²) in [5, 5.41) is 4.72. The molecule has 1 aliphatic heterocycles. The Balaban J connectivity index is 1.50. The molecule has 1 aromatic carbocycles. The second-order valence-electron chi connectivity index (χ2n) is 7.08. The Hall–Kier alpha value is -1.74. The highest BCUT2D eigenvalue weighted by Gasteiger charge is 2.29. The van der Waals surface area contributed by atoms with Gasteiger partial charge in [-0.1, -0.05) is 25.1 Å². The number of sulfonamides is 1. The van der Waals surface area contributed by atoms with Gasteiger partial charge in [0, 0.05) is 24.8 Å². The zero-order chi connectivity index (χ0) is 20.1. The van der Waals surface area contributed by atoms with Gasteiger partial charge < -0.3 is 5.32 Å². The van der Waals surface area contributed by atoms with Crippen molar-refractivity contribution in [2.24, 2.45) is 0 Å². The van der Waals surface area contributed by atoms with Crippen LogP contribution in [0.1, 0.15) is 32.3 Å². The van der Waals surface area contributed by atoms with E-state index in [1.165, 1.54) is 16.9 Å². The Morgan fingerprint density at radius 2 is 1.89 bits per heavy atom. The van der Waals surface area contributed by atoms with Crippen LogP contribution in [-0.2, 0) is 21.2 Å². The predicted molar refractivity (Wildman–Crippen MR) is 113 cm³/mol. The van der Waals surface area contributed by atoms with Crippen molar-refractivity contribution in [1.29, 1.82) is 0 Å². The van der Waals surface area contributed by atoms with E-state index in [-0.39, 0.29) is 18.0 Å². The number of carbonyl (C=O) groups excluding carboxylic acids is 1. The van der Waals surface area contributed by atoms with Crippen LogP contribution in [0.25, 0.3) is 0 Å². The highest BCUT2D eigenvalue weighted by atomic mass is 32.2. The molecular weight excluding hydrogens is 394 g/mol. The van der Waals surface area contributed by atoms with Crippen molar-refractivity contribution in [2.75, 3.05) is 18.4 Å². The van der Waals surface area contributed by atoms with Crippen molar-refractivity contribution in [3.8, 4) is 0 Å². The van der Waals surface area contributed by atoms with Gasteiger partial charge in [0.05, 0.1) is 6.04 Å². The van der Waals surface area contributed by atoms with Crippen LogP contribution >= 0.6 is 11.3 Å². The number of benzene rings is 1. The average Bonchev–Trinajstić information content (AvgIpc) is 3.24. The van der Waals surface area contributed by atoms with E-state index in [1.807, 2.05) is 31.2 Å². The molecule has 8 heteroatoms. The molecule has 1 amide bonds. The minimum Gasteiger partial charge on any atom is -0.325 e. The van der Waals surface area contributed by atoms with E-state index in [0.29, 0.717) is 30.1 Å². The maximum atomic E-state index is 12.6. The summed E-state index contributed by atoms with van der Waals surface area (Å²) >= 11 is 1.22. The molecule has 0 radical (unpaired) electrons. The van der Waals surface area contributed by atoms with Crippen LogP contribution in [0.2, 0.25) is 0 Å². The van der Waals surface area contributed by atoms with Gasteiger partial charge in [-0.2, -0.15) is 0 Å². The molecule has 3 rings (SSSR count). The van der Waals surface area contributed by atoms with E-state index in [9.17, 15) is 13.2 Å². The summed E-state index contributed by atoms with van der Waals surface area (Å²) < 4.78 is 27.8. The van der Waals surface area contributed by atoms with Crippen LogP contribution < -0.4 is 10.0 Å². The topological polar surface area (TPSA) is 78.5 Å². The van der Waals surface area contributed by atoms with Gasteiger partial charge in [0.15, 0.2) is 0 Å². The molecule has 0 unspecified atom stereocenters. The second kappa shape index (κ2) is 9.17. The van der Waals surface area contributed by atoms with Crippen LogP contribution in [0.3, 0.4) is 0 Å². The third kappa shape index (κ3) is 5.20. The SMILES string of the molecule is CCc1ccc(NC(=O)[C@@H](C)N2CCC(NS(=O)(=O)c3cccs3)CC2)cc1. The van der Waals surface area contributed by atoms with Gasteiger partial charge in [-0.05, 0) is 55.3 Å². The molecule has 1 saturated heterocycles. The van der Waals surface area contributed by atoms with Crippen molar-refractivity contribution in [1.82, 2.24) is 9.62 Å². The first kappa shape index (κ1) is 21.0. The largest absolute Gasteiger partial charge is 0.325 e. The predicted octanol–water partition coefficient (Wildman–Crippen LogP) is 3.08. The fraction of sp³-hybridized carbons (Fsp3) is 0.450. The number of thiophene rings is 1. The van der Waals surface area contributed by atoms with E-state index in [2.05, 4.69) is 21.9 Å². The molecule has 0 spiro atoms. The molecule has 1 atom stereocenters. The third-order valence-corrected chi connectivity index (χ3v) is 8.09. The van der Waals surface area contributed by atoms with Crippen molar-refractivity contribution < 1.29 is 13.2 Å². The van der Waals surface area contributed by atoms with Gasteiger partial charge in [-0.15, -0.1) is 11.3 Å². The van der Waals surface area contributed by atoms with Crippen LogP contribution in [-0.4, -0.2) is 44.4 Å². The summed E-state index contributed by atoms with van der Waals surface area (Å²) in [5.74, 6) is -0.0399. The maximum absolute atomic E-state index is 12.6. The number of anilines is 1. The van der Waals surface area contributed by atoms with Gasteiger partial charge >= 0.3 is 0 Å². The Labute approximate surface area is 171 Å². The van der Waals surface area contributed by atoms with Gasteiger partial charge in [0.1, 0.15) is 4.21 Å². The highest BCUT2D eigenvalue weighted by Crippen LogP contribution is 2.20. The number of aryl methyl sites for hydroxylation is 1. The zero-order valence-corrected chi connectivity index (χ0v) is 17.9. The van der Waals surface area contributed by atoms with Crippen molar-refractivity contribution in [3.05, 3.63) is 47.3 Å². The fourth-order valence-corrected chi connectivity index (χ4v) is 5.65. The molecule has 6 nitrogen and oxygen atoms in total. The number of hydrogen-bond donors (Lipinski definition) is 2. The van der Waals surface area contributed by atoms with E-state index >= 15 is 0 Å². The molecule has 28 heavy (non-hydrogen) atoms. The normalized spacial score (nSPS) is 17.4. The standard InChI is InChI=1S/C20H27N3O3S2/c1-3-16-6-8-17(9-7-16)21-20(24)15(2)23-12-10-18(11-13-23)22-28(25,26)19-5-4-14-27-19/h4-9,14-15,18,22H,3,10-13H2,1-2H3,(H,21,24)/t15-/m1/s1. The first-order valence-electron chi connectivity index (χ1n) is 9.58. The van der Waals surface area contributed by atoms with Crippen LogP contribution in [0.4, 0.5) is 5.69 Å². The maximum Gasteiger partial charge on any atom is 0.250 e. The van der Waals surface area contributed by atoms with E-state index < -0.39 is 10.0 Å². The number of likely N-dealkylation sites (tertiary alicyclic amines) is 1. The summed E-state index contributed by atoms with van der Waals surface area (Å²) in [4.78, 5) is 14.7. The summed E-state index contributed by atoms with van der Waals surface area (Å²) in [6.07, 6.45) is 2.34. The quantitative estimate of drug-likeness (QED) is 0.720. The highest BCUT2D eigenvalue weighted by molar-refractivity contribution is 7.91. The lowest BCUT2D eigenvalue weighted by Gasteiger charge is -2.35. The van der Waals surface area contributed by atoms with Crippen LogP contribution in [0.5, 0.6) is 0 Å². The molecule has 1 aliphatic rings. The lowest BCUT2D eigenvalue weighted by molar-refractivity contribution is -0.121. The number of piperidine rings is 1. The van der Waals surface area contributed by atoms with Crippen molar-refractivity contribution >= 4 is 33.0 Å². The molecule has 0 bridgehead atoms. The molecule has 2 aromatic rings. The lowest BCUT2D eigenvalue weighted by Crippen LogP contribution is -2.50. The van der Waals surface area contributed by atoms with Gasteiger partial charge in [0.25, 0.3) is 0 Å². The first-order chi connectivity index (χ1) is 13.4. The Bertz CT molecular complexity index is 872. The molecule has 0 saturated carbocycles. The molecule has 2 N–H and O–H groups in total. The molecule has 152 valence electrons. The molecule has 1 aromatic heterocycles. The number of carbonyl (C=O) groups is 1. The van der Waals surface area contributed by atoms with Crippen molar-refractivity contribution in [3.63, 3.8) is 0 Å². The summed E-state index contributed by atoms with van der Waals surface area (Å²) in [7, 11) is -3.45. The summed E-state index contributed by atoms with van der Waals surface area (Å²) in [5.41, 5.74) is 2.03. The lowest BCUT2D eigenvalue weighted by atomic mass is 10.0. The molecular formula is C20H27N3O3S2. The Morgan fingerprint density at radius 1 is 1.21 bits per heavy atom. The minimum atomic E-state index is -3.45. The van der Waals surface area contributed by atoms with Crippen molar-refractivity contribution in [2.45, 2.75) is 49.4 Å². The first-order valence-corrected chi connectivity index (χ1v) is 11.9. The number of nitrogens with zero attached hydrogens (tertiary/aromatic N) is 1. The van der Waals surface area contributed by atoms with Crippen LogP contribution in [0, 0.1) is 0 Å². The van der Waals surface area contributed by atoms with Crippen LogP contribution in [0.15, 0.2) is 46.0 Å². The average molecular weight is 422 g/mol. The Kier molecular flexibility index (Phi) is 6.87. The summed E-state index contributed by atoms with van der Waals surface area (Å²) in [6, 6.07) is 10.9. The number of rotatable bonds is 7. The van der Waals surface area contributed by atoms with Gasteiger partial charge in [0.2, 0.25) is 15.9 Å². The zero-order valence-electron chi connectivity index (χ0n) is 16.2.